The number of aromatic carboxylic acids is 1. The summed E-state index contributed by atoms with van der Waals surface area (Å²) in [6.07, 6.45) is 0. The van der Waals surface area contributed by atoms with E-state index in [-0.39, 0.29) is 11.3 Å². The minimum Gasteiger partial charge on any atom is -0.507 e. The van der Waals surface area contributed by atoms with Crippen molar-refractivity contribution in [3.63, 3.8) is 0 Å². The van der Waals surface area contributed by atoms with E-state index in [9.17, 15) is 4.79 Å². The molecule has 5 nitrogen and oxygen atoms in total. The smallest absolute Gasteiger partial charge is 0.339 e. The lowest BCUT2D eigenvalue weighted by Gasteiger charge is -2.29. The normalized spacial score (nSPS) is 13.9. The van der Waals surface area contributed by atoms with E-state index < -0.39 is 5.97 Å². The Kier molecular flexibility index (Phi) is 5.80. The van der Waals surface area contributed by atoms with Gasteiger partial charge in [0.15, 0.2) is 0 Å². The Balaban J connectivity index is 0.000000164. The second kappa shape index (κ2) is 8.05. The van der Waals surface area contributed by atoms with Crippen molar-refractivity contribution in [3.05, 3.63) is 60.2 Å². The number of nitrogens with zero attached hydrogens (tertiary/aromatic N) is 1. The van der Waals surface area contributed by atoms with Crippen LogP contribution in [-0.2, 0) is 0 Å². The summed E-state index contributed by atoms with van der Waals surface area (Å²) in [5, 5.41) is 20.6. The monoisotopic (exact) mass is 300 g/mol. The second-order valence-corrected chi connectivity index (χ2v) is 4.89. The Hall–Kier alpha value is -2.53. The number of aromatic hydroxyl groups is 1. The highest BCUT2D eigenvalue weighted by molar-refractivity contribution is 5.90. The summed E-state index contributed by atoms with van der Waals surface area (Å²) in [4.78, 5) is 12.7. The number of carbonyl (C=O) groups is 1. The van der Waals surface area contributed by atoms with Gasteiger partial charge in [-0.2, -0.15) is 0 Å². The lowest BCUT2D eigenvalue weighted by molar-refractivity contribution is 0.0693. The van der Waals surface area contributed by atoms with E-state index in [2.05, 4.69) is 40.5 Å². The van der Waals surface area contributed by atoms with Gasteiger partial charge in [-0.3, -0.25) is 0 Å². The number of para-hydroxylation sites is 2. The molecule has 2 aromatic carbocycles. The summed E-state index contributed by atoms with van der Waals surface area (Å²) in [7, 11) is 0. The number of hydrogen-bond donors (Lipinski definition) is 3. The molecule has 1 aliphatic rings. The molecule has 1 heterocycles. The molecule has 2 aromatic rings. The third-order valence-corrected chi connectivity index (χ3v) is 3.37. The fraction of sp³-hybridized carbons (Fsp3) is 0.235. The number of piperazine rings is 1. The van der Waals surface area contributed by atoms with E-state index in [4.69, 9.17) is 10.2 Å². The Morgan fingerprint density at radius 2 is 1.55 bits per heavy atom. The first-order valence-corrected chi connectivity index (χ1v) is 7.20. The van der Waals surface area contributed by atoms with Crippen molar-refractivity contribution in [1.29, 1.82) is 0 Å². The van der Waals surface area contributed by atoms with Crippen molar-refractivity contribution in [3.8, 4) is 5.75 Å². The number of carboxylic acids is 1. The van der Waals surface area contributed by atoms with Crippen LogP contribution < -0.4 is 10.2 Å². The van der Waals surface area contributed by atoms with Gasteiger partial charge in [-0.15, -0.1) is 0 Å². The zero-order valence-corrected chi connectivity index (χ0v) is 12.3. The highest BCUT2D eigenvalue weighted by atomic mass is 16.4. The van der Waals surface area contributed by atoms with Crippen LogP contribution in [0.4, 0.5) is 5.69 Å². The van der Waals surface area contributed by atoms with Gasteiger partial charge in [0.1, 0.15) is 11.3 Å². The number of nitrogens with one attached hydrogen (secondary N) is 1. The average molecular weight is 300 g/mol. The molecule has 0 saturated carbocycles. The van der Waals surface area contributed by atoms with E-state index in [1.54, 1.807) is 12.1 Å². The fourth-order valence-corrected chi connectivity index (χ4v) is 2.22. The molecule has 5 heteroatoms. The minimum atomic E-state index is -1.11. The van der Waals surface area contributed by atoms with Crippen LogP contribution in [0.1, 0.15) is 10.4 Å². The lowest BCUT2D eigenvalue weighted by atomic mass is 10.2. The Morgan fingerprint density at radius 1 is 0.955 bits per heavy atom. The lowest BCUT2D eigenvalue weighted by Crippen LogP contribution is -2.43. The maximum atomic E-state index is 10.3. The zero-order valence-electron chi connectivity index (χ0n) is 12.3. The highest BCUT2D eigenvalue weighted by Crippen LogP contribution is 2.14. The number of carboxylic acid groups (broad SMARTS) is 1. The van der Waals surface area contributed by atoms with Crippen LogP contribution in [0.3, 0.4) is 0 Å². The summed E-state index contributed by atoms with van der Waals surface area (Å²) in [5.41, 5.74) is 1.28. The largest absolute Gasteiger partial charge is 0.507 e. The van der Waals surface area contributed by atoms with Crippen LogP contribution in [0.25, 0.3) is 0 Å². The van der Waals surface area contributed by atoms with Gasteiger partial charge in [-0.1, -0.05) is 30.3 Å². The van der Waals surface area contributed by atoms with Crippen molar-refractivity contribution >= 4 is 11.7 Å². The molecule has 3 N–H and O–H groups in total. The third-order valence-electron chi connectivity index (χ3n) is 3.37. The van der Waals surface area contributed by atoms with Crippen LogP contribution in [-0.4, -0.2) is 42.4 Å². The van der Waals surface area contributed by atoms with Crippen molar-refractivity contribution < 1.29 is 15.0 Å². The predicted octanol–water partition coefficient (Wildman–Crippen LogP) is 2.19. The summed E-state index contributed by atoms with van der Waals surface area (Å²) in [6, 6.07) is 16.4. The van der Waals surface area contributed by atoms with E-state index in [1.807, 2.05) is 0 Å². The number of hydrogen-bond acceptors (Lipinski definition) is 4. The molecular formula is C17H20N2O3. The highest BCUT2D eigenvalue weighted by Gasteiger charge is 2.08. The van der Waals surface area contributed by atoms with Gasteiger partial charge in [0.05, 0.1) is 0 Å². The maximum Gasteiger partial charge on any atom is 0.339 e. The molecule has 1 aliphatic heterocycles. The van der Waals surface area contributed by atoms with Gasteiger partial charge in [-0.25, -0.2) is 4.79 Å². The van der Waals surface area contributed by atoms with Crippen molar-refractivity contribution in [2.75, 3.05) is 31.1 Å². The summed E-state index contributed by atoms with van der Waals surface area (Å²) in [6.45, 7) is 4.47. The maximum absolute atomic E-state index is 10.3. The topological polar surface area (TPSA) is 72.8 Å². The molecule has 1 fully saturated rings. The first-order chi connectivity index (χ1) is 10.7. The number of anilines is 1. The first kappa shape index (κ1) is 15.9. The van der Waals surface area contributed by atoms with Gasteiger partial charge >= 0.3 is 5.97 Å². The van der Waals surface area contributed by atoms with Crippen LogP contribution in [0.2, 0.25) is 0 Å². The average Bonchev–Trinajstić information content (AvgIpc) is 2.57. The molecule has 0 spiro atoms. The van der Waals surface area contributed by atoms with Crippen LogP contribution in [0.5, 0.6) is 5.75 Å². The van der Waals surface area contributed by atoms with Gasteiger partial charge in [0.25, 0.3) is 0 Å². The summed E-state index contributed by atoms with van der Waals surface area (Å²) in [5.74, 6) is -1.31. The minimum absolute atomic E-state index is 0.0671. The zero-order chi connectivity index (χ0) is 15.8. The van der Waals surface area contributed by atoms with E-state index in [0.29, 0.717) is 0 Å². The molecule has 0 bridgehead atoms. The van der Waals surface area contributed by atoms with Crippen molar-refractivity contribution in [1.82, 2.24) is 5.32 Å². The Morgan fingerprint density at radius 3 is 2.09 bits per heavy atom. The molecule has 0 aliphatic carbocycles. The third kappa shape index (κ3) is 4.49. The molecule has 116 valence electrons. The van der Waals surface area contributed by atoms with Crippen molar-refractivity contribution in [2.24, 2.45) is 0 Å². The molecule has 0 atom stereocenters. The van der Waals surface area contributed by atoms with E-state index in [0.717, 1.165) is 26.2 Å². The SMILES string of the molecule is O=C(O)c1ccccc1O.c1ccc(N2CCNCC2)cc1. The standard InChI is InChI=1S/C10H14N2.C7H6O3/c1-2-4-10(5-3-1)12-8-6-11-7-9-12;8-6-4-2-1-3-5(6)7(9)10/h1-5,11H,6-9H2;1-4,8H,(H,9,10). The molecular weight excluding hydrogens is 280 g/mol. The molecule has 0 amide bonds. The number of rotatable bonds is 2. The number of phenols is 1. The van der Waals surface area contributed by atoms with E-state index in [1.165, 1.54) is 17.8 Å². The van der Waals surface area contributed by atoms with Crippen LogP contribution >= 0.6 is 0 Å². The fourth-order valence-electron chi connectivity index (χ4n) is 2.22. The molecule has 0 unspecified atom stereocenters. The Bertz CT molecular complexity index is 596. The summed E-state index contributed by atoms with van der Waals surface area (Å²) < 4.78 is 0. The van der Waals surface area contributed by atoms with Crippen LogP contribution in [0, 0.1) is 0 Å². The Labute approximate surface area is 129 Å². The van der Waals surface area contributed by atoms with E-state index >= 15 is 0 Å². The van der Waals surface area contributed by atoms with Gasteiger partial charge in [0.2, 0.25) is 0 Å². The molecule has 0 aromatic heterocycles. The van der Waals surface area contributed by atoms with Crippen molar-refractivity contribution in [2.45, 2.75) is 0 Å². The van der Waals surface area contributed by atoms with Crippen LogP contribution in [0.15, 0.2) is 54.6 Å². The summed E-state index contributed by atoms with van der Waals surface area (Å²) >= 11 is 0. The number of benzene rings is 2. The van der Waals surface area contributed by atoms with Gasteiger partial charge in [0, 0.05) is 31.9 Å². The van der Waals surface area contributed by atoms with Gasteiger partial charge < -0.3 is 20.4 Å². The quantitative estimate of drug-likeness (QED) is 0.793. The molecule has 1 saturated heterocycles. The second-order valence-electron chi connectivity index (χ2n) is 4.89. The first-order valence-electron chi connectivity index (χ1n) is 7.20. The molecule has 22 heavy (non-hydrogen) atoms. The molecule has 3 rings (SSSR count). The van der Waals surface area contributed by atoms with Gasteiger partial charge in [-0.05, 0) is 24.3 Å². The molecule has 0 radical (unpaired) electrons. The predicted molar refractivity (Wildman–Crippen MR) is 86.6 cm³/mol.